The highest BCUT2D eigenvalue weighted by molar-refractivity contribution is 7.78. The van der Waals surface area contributed by atoms with Crippen LogP contribution in [-0.4, -0.2) is 56.0 Å². The van der Waals surface area contributed by atoms with Crippen molar-refractivity contribution in [1.29, 1.82) is 0 Å². The third-order valence-corrected chi connectivity index (χ3v) is 31.1. The monoisotopic (exact) mass is 1580 g/mol. The number of unbranched alkanes of at least 4 members (excludes halogenated alkanes) is 5. The van der Waals surface area contributed by atoms with Gasteiger partial charge in [-0.25, -0.2) is 25.0 Å². The van der Waals surface area contributed by atoms with Gasteiger partial charge in [-0.2, -0.15) is 0 Å². The molecule has 0 aromatic rings. The van der Waals surface area contributed by atoms with Gasteiger partial charge in [-0.1, -0.05) is 349 Å². The molecule has 0 spiro atoms. The summed E-state index contributed by atoms with van der Waals surface area (Å²) in [4.78, 5) is 21.5. The molecule has 4 atom stereocenters. The Balaban J connectivity index is 0.000000212. The molecule has 4 unspecified atom stereocenters. The van der Waals surface area contributed by atoms with Gasteiger partial charge in [0.25, 0.3) is 0 Å². The topological polar surface area (TPSA) is 61.8 Å². The van der Waals surface area contributed by atoms with E-state index in [4.69, 9.17) is 61.1 Å². The lowest BCUT2D eigenvalue weighted by molar-refractivity contribution is 0.199. The fourth-order valence-corrected chi connectivity index (χ4v) is 24.1. The Labute approximate surface area is 696 Å². The van der Waals surface area contributed by atoms with Crippen molar-refractivity contribution in [3.63, 3.8) is 0 Å². The Morgan fingerprint density at radius 2 is 0.472 bits per heavy atom. The molecule has 0 saturated heterocycles. The van der Waals surface area contributed by atoms with E-state index < -0.39 is 0 Å². The SMILES string of the molecule is CC(CCCC1CCCCC1)[C@H]1CC[C@H](N=C=S)CC1.CCC(CCCC1CCCCC1)[C@H]1CC[C@H](N=C=S)CC1.CCCCC(CCCC1CCCCC1)[C@H]1CC[C@H](N=C=S)CC1.CCCCCCC(CCCC1CCCCC1)[C@H]1CC[C@H](N=C=S)CC1.S=C=N[C@H]1CC[C@H](CCCCC2CCCCC2)CC1. The Bertz CT molecular complexity index is 2400. The first-order valence-electron chi connectivity index (χ1n) is 48.5. The molecule has 10 aliphatic carbocycles. The zero-order chi connectivity index (χ0) is 76.5. The molecule has 0 aromatic heterocycles. The van der Waals surface area contributed by atoms with Crippen molar-refractivity contribution in [3.8, 4) is 0 Å². The summed E-state index contributed by atoms with van der Waals surface area (Å²) in [6, 6.07) is 2.43. The van der Waals surface area contributed by atoms with E-state index in [1.54, 1.807) is 0 Å². The second-order valence-corrected chi connectivity index (χ2v) is 39.1. The molecule has 10 saturated carbocycles. The lowest BCUT2D eigenvalue weighted by atomic mass is 9.74. The number of hydrogen-bond donors (Lipinski definition) is 0. The van der Waals surface area contributed by atoms with Gasteiger partial charge in [0.2, 0.25) is 0 Å². The van der Waals surface area contributed by atoms with E-state index >= 15 is 0 Å². The van der Waals surface area contributed by atoms with E-state index in [2.05, 4.69) is 78.5 Å². The maximum absolute atomic E-state index is 4.80. The summed E-state index contributed by atoms with van der Waals surface area (Å²) in [5.41, 5.74) is 0. The third kappa shape index (κ3) is 42.7. The van der Waals surface area contributed by atoms with E-state index in [-0.39, 0.29) is 0 Å². The first-order chi connectivity index (χ1) is 53.2. The quantitative estimate of drug-likeness (QED) is 0.0349. The van der Waals surface area contributed by atoms with Gasteiger partial charge in [0.15, 0.2) is 0 Å². The molecule has 10 fully saturated rings. The molecule has 10 heteroatoms. The van der Waals surface area contributed by atoms with Gasteiger partial charge in [0.05, 0.1) is 56.0 Å². The van der Waals surface area contributed by atoms with Crippen LogP contribution in [0.25, 0.3) is 0 Å². The predicted molar refractivity (Wildman–Crippen MR) is 489 cm³/mol. The summed E-state index contributed by atoms with van der Waals surface area (Å²) in [5, 5.41) is 12.9. The van der Waals surface area contributed by atoms with Crippen LogP contribution in [-0.2, 0) is 0 Å². The second kappa shape index (κ2) is 63.2. The number of nitrogens with zero attached hydrogens (tertiary/aromatic N) is 5. The Morgan fingerprint density at radius 1 is 0.231 bits per heavy atom. The molecule has 5 nitrogen and oxygen atoms in total. The van der Waals surface area contributed by atoms with Gasteiger partial charge in [-0.05, 0) is 272 Å². The fraction of sp³-hybridized carbons (Fsp3) is 0.949. The van der Waals surface area contributed by atoms with Crippen molar-refractivity contribution in [1.82, 2.24) is 0 Å². The zero-order valence-corrected chi connectivity index (χ0v) is 75.3. The molecule has 0 aromatic carbocycles. The minimum atomic E-state index is 0.483. The number of hydrogen-bond acceptors (Lipinski definition) is 10. The summed E-state index contributed by atoms with van der Waals surface area (Å²) in [6.07, 6.45) is 100. The average molecular weight is 1580 g/mol. The molecule has 0 aliphatic heterocycles. The number of isothiocyanates is 5. The maximum atomic E-state index is 4.80. The van der Waals surface area contributed by atoms with Crippen LogP contribution in [0.2, 0.25) is 0 Å². The van der Waals surface area contributed by atoms with Crippen molar-refractivity contribution in [2.24, 2.45) is 108 Å². The molecule has 10 rings (SSSR count). The smallest absolute Gasteiger partial charge is 0.0603 e. The molecule has 108 heavy (non-hydrogen) atoms. The van der Waals surface area contributed by atoms with Gasteiger partial charge in [0, 0.05) is 0 Å². The molecule has 0 N–H and O–H groups in total. The number of thiocarbonyl (C=S) groups is 5. The average Bonchev–Trinajstić information content (AvgIpc) is 0.889. The van der Waals surface area contributed by atoms with Crippen LogP contribution in [0.1, 0.15) is 477 Å². The van der Waals surface area contributed by atoms with E-state index in [1.165, 1.54) is 449 Å². The molecule has 0 heterocycles. The van der Waals surface area contributed by atoms with E-state index in [0.29, 0.717) is 30.2 Å². The molecule has 0 bridgehead atoms. The first kappa shape index (κ1) is 95.8. The molecule has 0 amide bonds. The Morgan fingerprint density at radius 3 is 0.769 bits per heavy atom. The minimum absolute atomic E-state index is 0.483. The number of rotatable bonds is 39. The molecule has 10 aliphatic rings. The van der Waals surface area contributed by atoms with Crippen molar-refractivity contribution >= 4 is 86.9 Å². The van der Waals surface area contributed by atoms with Gasteiger partial charge in [-0.15, -0.1) is 0 Å². The van der Waals surface area contributed by atoms with Gasteiger partial charge < -0.3 is 0 Å². The lowest BCUT2D eigenvalue weighted by Crippen LogP contribution is -2.24. The standard InChI is InChI=1S/C23H41NS.C21H37NS.C19H33NS.C18H31NS.C17H29NS/c1-2-3-4-8-13-21(14-9-12-20-10-6-5-7-11-20)22-15-17-23(18-16-22)24-19-25;1-2-3-11-19(12-7-10-18-8-5-4-6-9-18)20-13-15-21(16-14-20)22-17-23;1-2-17(10-6-9-16-7-4-3-5-8-16)18-11-13-19(14-12-18)20-15-21;1-15(6-5-9-16-7-3-2-4-8-16)17-10-12-18(13-11-17)19-14-20;19-14-18-17-12-10-16(11-13-17)9-5-4-8-15-6-2-1-3-7-15/h20-23H,2-18H2,1H3;18-21H,2-16H2,1H3;16-19H,2-14H2,1H3;15-18H,2-13H2,1H3;15-17H,1-13H2/t21?,22-,23-;19?,20-,21-;17?,18-,19-;15?,17-,18-;16-,17-. The highest BCUT2D eigenvalue weighted by Crippen LogP contribution is 2.43. The molecular formula is C98H171N5S5. The van der Waals surface area contributed by atoms with Crippen molar-refractivity contribution in [2.75, 3.05) is 0 Å². The predicted octanol–water partition coefficient (Wildman–Crippen LogP) is 33.4. The number of aliphatic imine (C=N–C) groups is 5. The second-order valence-electron chi connectivity index (χ2n) is 38.2. The van der Waals surface area contributed by atoms with Crippen LogP contribution < -0.4 is 0 Å². The summed E-state index contributed by atoms with van der Waals surface area (Å²) in [6.45, 7) is 9.53. The molecular weight excluding hydrogens is 1410 g/mol. The normalized spacial score (nSPS) is 28.0. The van der Waals surface area contributed by atoms with E-state index in [1.807, 2.05) is 0 Å². The summed E-state index contributed by atoms with van der Waals surface area (Å²) in [5.74, 6) is 13.9. The minimum Gasteiger partial charge on any atom is -0.229 e. The van der Waals surface area contributed by atoms with Crippen molar-refractivity contribution < 1.29 is 0 Å². The third-order valence-electron chi connectivity index (χ3n) is 30.6. The summed E-state index contributed by atoms with van der Waals surface area (Å²) in [7, 11) is 0. The van der Waals surface area contributed by atoms with Crippen molar-refractivity contribution in [3.05, 3.63) is 0 Å². The highest BCUT2D eigenvalue weighted by Gasteiger charge is 2.32. The van der Waals surface area contributed by atoms with Crippen LogP contribution in [0.5, 0.6) is 0 Å². The highest BCUT2D eigenvalue weighted by atomic mass is 32.1. The summed E-state index contributed by atoms with van der Waals surface area (Å²) < 4.78 is 0. The van der Waals surface area contributed by atoms with Crippen LogP contribution in [0.3, 0.4) is 0 Å². The van der Waals surface area contributed by atoms with Crippen LogP contribution in [0, 0.1) is 82.9 Å². The van der Waals surface area contributed by atoms with Gasteiger partial charge in [0.1, 0.15) is 0 Å². The zero-order valence-electron chi connectivity index (χ0n) is 71.2. The van der Waals surface area contributed by atoms with Gasteiger partial charge in [-0.3, -0.25) is 0 Å². The Kier molecular flexibility index (Phi) is 56.1. The molecule has 0 radical (unpaired) electrons. The Hall–Kier alpha value is -1.00. The van der Waals surface area contributed by atoms with Crippen LogP contribution in [0.15, 0.2) is 25.0 Å². The van der Waals surface area contributed by atoms with Crippen LogP contribution in [0.4, 0.5) is 0 Å². The van der Waals surface area contributed by atoms with Crippen LogP contribution >= 0.6 is 61.1 Å². The lowest BCUT2D eigenvalue weighted by Gasteiger charge is -2.33. The molecule has 618 valence electrons. The van der Waals surface area contributed by atoms with E-state index in [0.717, 1.165) is 82.9 Å². The fourth-order valence-electron chi connectivity index (χ4n) is 23.4. The van der Waals surface area contributed by atoms with Gasteiger partial charge >= 0.3 is 0 Å². The van der Waals surface area contributed by atoms with E-state index in [9.17, 15) is 0 Å². The van der Waals surface area contributed by atoms with Crippen molar-refractivity contribution in [2.45, 2.75) is 507 Å². The first-order valence-corrected chi connectivity index (χ1v) is 50.6. The summed E-state index contributed by atoms with van der Waals surface area (Å²) >= 11 is 23.7. The maximum Gasteiger partial charge on any atom is 0.0603 e. The largest absolute Gasteiger partial charge is 0.229 e.